The van der Waals surface area contributed by atoms with E-state index in [0.29, 0.717) is 5.02 Å². The van der Waals surface area contributed by atoms with Crippen LogP contribution < -0.4 is 5.73 Å². The number of hydrogen-bond donors (Lipinski definition) is 2. The van der Waals surface area contributed by atoms with Crippen LogP contribution in [-0.4, -0.2) is 22.1 Å². The second-order valence-corrected chi connectivity index (χ2v) is 3.10. The molecule has 0 aliphatic heterocycles. The number of carbonyl (C=O) groups is 1. The summed E-state index contributed by atoms with van der Waals surface area (Å²) in [7, 11) is 0. The molecule has 0 aromatic carbocycles. The molecule has 0 spiro atoms. The SMILES string of the molecule is Cl.Cl.N[C@H](Cc1cncc(Cl)c1)C(=O)O. The van der Waals surface area contributed by atoms with Crippen LogP contribution in [0.2, 0.25) is 5.02 Å². The minimum atomic E-state index is -1.03. The summed E-state index contributed by atoms with van der Waals surface area (Å²) in [6, 6.07) is 0.748. The molecule has 0 radical (unpaired) electrons. The molecule has 0 bridgehead atoms. The molecule has 0 unspecified atom stereocenters. The minimum Gasteiger partial charge on any atom is -0.480 e. The van der Waals surface area contributed by atoms with Gasteiger partial charge in [0, 0.05) is 12.4 Å². The molecule has 1 heterocycles. The number of aliphatic carboxylic acids is 1. The van der Waals surface area contributed by atoms with Crippen molar-refractivity contribution >= 4 is 42.4 Å². The number of hydrogen-bond acceptors (Lipinski definition) is 3. The predicted molar refractivity (Wildman–Crippen MR) is 63.1 cm³/mol. The number of nitrogens with zero attached hydrogens (tertiary/aromatic N) is 1. The van der Waals surface area contributed by atoms with E-state index < -0.39 is 12.0 Å². The lowest BCUT2D eigenvalue weighted by molar-refractivity contribution is -0.138. The minimum absolute atomic E-state index is 0. The topological polar surface area (TPSA) is 76.2 Å². The number of halogens is 3. The first kappa shape index (κ1) is 16.9. The van der Waals surface area contributed by atoms with Gasteiger partial charge in [0.15, 0.2) is 0 Å². The fraction of sp³-hybridized carbons (Fsp3) is 0.250. The van der Waals surface area contributed by atoms with Crippen molar-refractivity contribution in [2.45, 2.75) is 12.5 Å². The zero-order valence-corrected chi connectivity index (χ0v) is 9.98. The van der Waals surface area contributed by atoms with E-state index in [4.69, 9.17) is 22.4 Å². The van der Waals surface area contributed by atoms with Crippen molar-refractivity contribution in [3.05, 3.63) is 29.0 Å². The van der Waals surface area contributed by atoms with Gasteiger partial charge in [-0.05, 0) is 18.1 Å². The van der Waals surface area contributed by atoms with Crippen LogP contribution in [0, 0.1) is 0 Å². The van der Waals surface area contributed by atoms with E-state index in [1.807, 2.05) is 0 Å². The third-order valence-electron chi connectivity index (χ3n) is 1.53. The highest BCUT2D eigenvalue weighted by atomic mass is 35.5. The maximum atomic E-state index is 10.4. The lowest BCUT2D eigenvalue weighted by Crippen LogP contribution is -2.32. The molecule has 0 aliphatic rings. The average molecular weight is 274 g/mol. The van der Waals surface area contributed by atoms with Crippen molar-refractivity contribution in [3.8, 4) is 0 Å². The molecule has 0 amide bonds. The van der Waals surface area contributed by atoms with Crippen molar-refractivity contribution in [3.63, 3.8) is 0 Å². The fourth-order valence-corrected chi connectivity index (χ4v) is 1.11. The molecule has 1 aromatic heterocycles. The molecule has 0 fully saturated rings. The first-order chi connectivity index (χ1) is 6.09. The Labute approximate surface area is 105 Å². The van der Waals surface area contributed by atoms with E-state index in [9.17, 15) is 4.79 Å². The predicted octanol–water partition coefficient (Wildman–Crippen LogP) is 1.53. The van der Waals surface area contributed by atoms with Gasteiger partial charge >= 0.3 is 5.97 Å². The highest BCUT2D eigenvalue weighted by molar-refractivity contribution is 6.30. The number of carboxylic acid groups (broad SMARTS) is 1. The van der Waals surface area contributed by atoms with Crippen LogP contribution in [0.25, 0.3) is 0 Å². The first-order valence-electron chi connectivity index (χ1n) is 3.67. The Bertz CT molecular complexity index is 323. The second kappa shape index (κ2) is 7.70. The average Bonchev–Trinajstić information content (AvgIpc) is 2.04. The van der Waals surface area contributed by atoms with Crippen molar-refractivity contribution < 1.29 is 9.90 Å². The molecule has 1 aromatic rings. The van der Waals surface area contributed by atoms with Gasteiger partial charge in [0.2, 0.25) is 0 Å². The molecule has 0 aliphatic carbocycles. The molecule has 3 N–H and O–H groups in total. The standard InChI is InChI=1S/C8H9ClN2O2.2ClH/c9-6-1-5(3-11-4-6)2-7(10)8(12)13;;/h1,3-4,7H,2,10H2,(H,12,13);2*1H/t7-;;/m1../s1. The lowest BCUT2D eigenvalue weighted by Gasteiger charge is -2.05. The summed E-state index contributed by atoms with van der Waals surface area (Å²) in [6.07, 6.45) is 3.27. The van der Waals surface area contributed by atoms with Crippen LogP contribution in [0.5, 0.6) is 0 Å². The Balaban J connectivity index is 0. The van der Waals surface area contributed by atoms with Crippen LogP contribution >= 0.6 is 36.4 Å². The Morgan fingerprint density at radius 1 is 1.53 bits per heavy atom. The van der Waals surface area contributed by atoms with E-state index in [2.05, 4.69) is 4.98 Å². The summed E-state index contributed by atoms with van der Waals surface area (Å²) in [5.74, 6) is -1.03. The molecule has 1 atom stereocenters. The summed E-state index contributed by atoms with van der Waals surface area (Å²) < 4.78 is 0. The van der Waals surface area contributed by atoms with Gasteiger partial charge in [0.1, 0.15) is 6.04 Å². The fourth-order valence-electron chi connectivity index (χ4n) is 0.909. The third kappa shape index (κ3) is 5.79. The smallest absolute Gasteiger partial charge is 0.320 e. The molecule has 4 nitrogen and oxygen atoms in total. The van der Waals surface area contributed by atoms with Crippen LogP contribution in [0.15, 0.2) is 18.5 Å². The number of rotatable bonds is 3. The Hall–Kier alpha value is -0.550. The highest BCUT2D eigenvalue weighted by Gasteiger charge is 2.11. The maximum absolute atomic E-state index is 10.4. The summed E-state index contributed by atoms with van der Waals surface area (Å²) in [5.41, 5.74) is 6.05. The third-order valence-corrected chi connectivity index (χ3v) is 1.74. The van der Waals surface area contributed by atoms with Gasteiger partial charge in [-0.1, -0.05) is 11.6 Å². The van der Waals surface area contributed by atoms with Gasteiger partial charge in [-0.2, -0.15) is 0 Å². The quantitative estimate of drug-likeness (QED) is 0.876. The van der Waals surface area contributed by atoms with E-state index in [-0.39, 0.29) is 31.2 Å². The Morgan fingerprint density at radius 3 is 2.60 bits per heavy atom. The van der Waals surface area contributed by atoms with Crippen LogP contribution in [-0.2, 0) is 11.2 Å². The normalized spacial score (nSPS) is 10.8. The van der Waals surface area contributed by atoms with Crippen molar-refractivity contribution in [1.82, 2.24) is 4.98 Å². The van der Waals surface area contributed by atoms with Gasteiger partial charge < -0.3 is 10.8 Å². The van der Waals surface area contributed by atoms with Gasteiger partial charge in [0.25, 0.3) is 0 Å². The summed E-state index contributed by atoms with van der Waals surface area (Å²) in [4.78, 5) is 14.2. The van der Waals surface area contributed by atoms with Gasteiger partial charge in [0.05, 0.1) is 5.02 Å². The Kier molecular flexibility index (Phi) is 8.66. The molecular weight excluding hydrogens is 262 g/mol. The van der Waals surface area contributed by atoms with E-state index in [1.54, 1.807) is 12.3 Å². The Morgan fingerprint density at radius 2 is 2.13 bits per heavy atom. The molecule has 86 valence electrons. The van der Waals surface area contributed by atoms with E-state index in [0.717, 1.165) is 5.56 Å². The van der Waals surface area contributed by atoms with Gasteiger partial charge in [-0.3, -0.25) is 9.78 Å². The molecule has 15 heavy (non-hydrogen) atoms. The number of aromatic nitrogens is 1. The zero-order valence-electron chi connectivity index (χ0n) is 7.59. The summed E-state index contributed by atoms with van der Waals surface area (Å²) >= 11 is 5.66. The van der Waals surface area contributed by atoms with E-state index in [1.165, 1.54) is 6.20 Å². The van der Waals surface area contributed by atoms with Crippen LogP contribution in [0.1, 0.15) is 5.56 Å². The molecule has 0 saturated carbocycles. The van der Waals surface area contributed by atoms with E-state index >= 15 is 0 Å². The lowest BCUT2D eigenvalue weighted by atomic mass is 10.1. The molecule has 7 heteroatoms. The zero-order chi connectivity index (χ0) is 9.84. The molecule has 0 saturated heterocycles. The number of carboxylic acids is 1. The molecule has 1 rings (SSSR count). The second-order valence-electron chi connectivity index (χ2n) is 2.66. The van der Waals surface area contributed by atoms with Crippen molar-refractivity contribution in [1.29, 1.82) is 0 Å². The highest BCUT2D eigenvalue weighted by Crippen LogP contribution is 2.09. The molecular formula is C8H11Cl3N2O2. The monoisotopic (exact) mass is 272 g/mol. The van der Waals surface area contributed by atoms with Gasteiger partial charge in [-0.25, -0.2) is 0 Å². The first-order valence-corrected chi connectivity index (χ1v) is 4.05. The number of nitrogens with two attached hydrogens (primary N) is 1. The van der Waals surface area contributed by atoms with Crippen LogP contribution in [0.4, 0.5) is 0 Å². The summed E-state index contributed by atoms with van der Waals surface area (Å²) in [5, 5.41) is 9.02. The largest absolute Gasteiger partial charge is 0.480 e. The number of pyridine rings is 1. The van der Waals surface area contributed by atoms with Crippen molar-refractivity contribution in [2.24, 2.45) is 5.73 Å². The van der Waals surface area contributed by atoms with Crippen LogP contribution in [0.3, 0.4) is 0 Å². The van der Waals surface area contributed by atoms with Crippen molar-refractivity contribution in [2.75, 3.05) is 0 Å². The van der Waals surface area contributed by atoms with Gasteiger partial charge in [-0.15, -0.1) is 24.8 Å². The maximum Gasteiger partial charge on any atom is 0.320 e. The summed E-state index contributed by atoms with van der Waals surface area (Å²) in [6.45, 7) is 0.